The Labute approximate surface area is 212 Å². The summed E-state index contributed by atoms with van der Waals surface area (Å²) in [5.74, 6) is -1.84. The Bertz CT molecular complexity index is 1530. The van der Waals surface area contributed by atoms with Crippen LogP contribution in [0.5, 0.6) is 0 Å². The SMILES string of the molecule is O=C(NCc1ccccn1)C(O)c1ccc(-c2noc(-c3onc(-c4ccccc4)c3C(F)(F)F)n2)cc1. The number of halogens is 3. The Balaban J connectivity index is 1.34. The summed E-state index contributed by atoms with van der Waals surface area (Å²) in [5, 5.41) is 20.3. The zero-order chi connectivity index (χ0) is 26.7. The van der Waals surface area contributed by atoms with Crippen LogP contribution in [0, 0.1) is 0 Å². The fourth-order valence-corrected chi connectivity index (χ4v) is 3.67. The van der Waals surface area contributed by atoms with Gasteiger partial charge in [-0.1, -0.05) is 71.0 Å². The predicted molar refractivity (Wildman–Crippen MR) is 127 cm³/mol. The predicted octanol–water partition coefficient (Wildman–Crippen LogP) is 4.82. The maximum absolute atomic E-state index is 13.9. The smallest absolute Gasteiger partial charge is 0.378 e. The number of carbonyl (C=O) groups is 1. The molecule has 0 aliphatic heterocycles. The van der Waals surface area contributed by atoms with Gasteiger partial charge in [-0.3, -0.25) is 9.78 Å². The number of aromatic nitrogens is 4. The van der Waals surface area contributed by atoms with Gasteiger partial charge in [0.15, 0.2) is 6.10 Å². The number of nitrogens with zero attached hydrogens (tertiary/aromatic N) is 4. The first-order valence-corrected chi connectivity index (χ1v) is 11.2. The minimum atomic E-state index is -4.80. The number of aliphatic hydroxyl groups is 1. The highest BCUT2D eigenvalue weighted by Crippen LogP contribution is 2.43. The molecule has 2 N–H and O–H groups in total. The van der Waals surface area contributed by atoms with E-state index in [2.05, 4.69) is 25.6 Å². The number of alkyl halides is 3. The monoisotopic (exact) mass is 521 g/mol. The van der Waals surface area contributed by atoms with Gasteiger partial charge in [0.25, 0.3) is 11.8 Å². The van der Waals surface area contributed by atoms with Crippen molar-refractivity contribution in [2.45, 2.75) is 18.8 Å². The van der Waals surface area contributed by atoms with Gasteiger partial charge >= 0.3 is 6.18 Å². The molecule has 5 rings (SSSR count). The molecule has 0 spiro atoms. The number of hydrogen-bond donors (Lipinski definition) is 2. The van der Waals surface area contributed by atoms with Crippen LogP contribution in [0.2, 0.25) is 0 Å². The third-order valence-electron chi connectivity index (χ3n) is 5.55. The third-order valence-corrected chi connectivity index (χ3v) is 5.55. The molecule has 0 aliphatic carbocycles. The van der Waals surface area contributed by atoms with Crippen molar-refractivity contribution in [2.24, 2.45) is 0 Å². The molecule has 0 saturated carbocycles. The molecule has 12 heteroatoms. The zero-order valence-electron chi connectivity index (χ0n) is 19.4. The highest BCUT2D eigenvalue weighted by atomic mass is 19.4. The standard InChI is InChI=1S/C26H18F3N5O4/c27-26(28,29)19-20(15-6-2-1-3-7-15)33-37-22(19)25-32-23(34-38-25)17-11-9-16(10-12-17)21(35)24(36)31-14-18-8-4-5-13-30-18/h1-13,21,35H,14H2,(H,31,36). The van der Waals surface area contributed by atoms with Crippen molar-refractivity contribution in [1.82, 2.24) is 25.6 Å². The van der Waals surface area contributed by atoms with Crippen LogP contribution in [-0.2, 0) is 17.5 Å². The second kappa shape index (κ2) is 10.3. The van der Waals surface area contributed by atoms with Crippen LogP contribution >= 0.6 is 0 Å². The van der Waals surface area contributed by atoms with Gasteiger partial charge in [0.05, 0.1) is 12.2 Å². The summed E-state index contributed by atoms with van der Waals surface area (Å²) < 4.78 is 51.9. The van der Waals surface area contributed by atoms with Crippen LogP contribution in [0.15, 0.2) is 88.0 Å². The average molecular weight is 521 g/mol. The van der Waals surface area contributed by atoms with Gasteiger partial charge in [-0.2, -0.15) is 18.2 Å². The molecule has 3 aromatic heterocycles. The number of amides is 1. The zero-order valence-corrected chi connectivity index (χ0v) is 19.4. The molecular weight excluding hydrogens is 503 g/mol. The number of rotatable bonds is 7. The van der Waals surface area contributed by atoms with E-state index >= 15 is 0 Å². The molecule has 192 valence electrons. The van der Waals surface area contributed by atoms with E-state index < -0.39 is 41.1 Å². The molecular formula is C26H18F3N5O4. The topological polar surface area (TPSA) is 127 Å². The molecule has 1 atom stereocenters. The summed E-state index contributed by atoms with van der Waals surface area (Å²) in [6.07, 6.45) is -4.66. The summed E-state index contributed by atoms with van der Waals surface area (Å²) in [4.78, 5) is 20.5. The molecule has 3 heterocycles. The van der Waals surface area contributed by atoms with Gasteiger partial charge in [0.2, 0.25) is 11.6 Å². The molecule has 5 aromatic rings. The number of pyridine rings is 1. The molecule has 0 bridgehead atoms. The van der Waals surface area contributed by atoms with E-state index in [1.165, 1.54) is 36.4 Å². The number of hydrogen-bond acceptors (Lipinski definition) is 8. The van der Waals surface area contributed by atoms with E-state index in [4.69, 9.17) is 9.05 Å². The summed E-state index contributed by atoms with van der Waals surface area (Å²) in [7, 11) is 0. The van der Waals surface area contributed by atoms with E-state index in [9.17, 15) is 23.1 Å². The first-order chi connectivity index (χ1) is 18.3. The number of carbonyl (C=O) groups excluding carboxylic acids is 1. The largest absolute Gasteiger partial charge is 0.422 e. The van der Waals surface area contributed by atoms with Crippen molar-refractivity contribution in [3.8, 4) is 34.3 Å². The molecule has 0 fully saturated rings. The summed E-state index contributed by atoms with van der Waals surface area (Å²) >= 11 is 0. The van der Waals surface area contributed by atoms with Gasteiger partial charge < -0.3 is 19.5 Å². The van der Waals surface area contributed by atoms with E-state index in [1.807, 2.05) is 0 Å². The Morgan fingerprint density at radius 3 is 2.34 bits per heavy atom. The van der Waals surface area contributed by atoms with Crippen LogP contribution in [0.25, 0.3) is 34.3 Å². The number of aliphatic hydroxyl groups excluding tert-OH is 1. The van der Waals surface area contributed by atoms with Crippen LogP contribution in [0.4, 0.5) is 13.2 Å². The minimum absolute atomic E-state index is 0.0218. The Morgan fingerprint density at radius 1 is 0.921 bits per heavy atom. The molecule has 0 radical (unpaired) electrons. The lowest BCUT2D eigenvalue weighted by Gasteiger charge is -2.11. The molecule has 0 saturated heterocycles. The third kappa shape index (κ3) is 5.15. The number of benzene rings is 2. The summed E-state index contributed by atoms with van der Waals surface area (Å²) in [6, 6.07) is 19.0. The Kier molecular flexibility index (Phi) is 6.71. The quantitative estimate of drug-likeness (QED) is 0.312. The Morgan fingerprint density at radius 2 is 1.66 bits per heavy atom. The van der Waals surface area contributed by atoms with E-state index in [0.29, 0.717) is 11.3 Å². The van der Waals surface area contributed by atoms with Crippen LogP contribution in [0.3, 0.4) is 0 Å². The van der Waals surface area contributed by atoms with Crippen molar-refractivity contribution in [1.29, 1.82) is 0 Å². The van der Waals surface area contributed by atoms with Gasteiger partial charge in [0, 0.05) is 17.3 Å². The Hall–Kier alpha value is -4.84. The summed E-state index contributed by atoms with van der Waals surface area (Å²) in [5.41, 5.74) is -0.0127. The fourth-order valence-electron chi connectivity index (χ4n) is 3.67. The minimum Gasteiger partial charge on any atom is -0.378 e. The normalized spacial score (nSPS) is 12.3. The van der Waals surface area contributed by atoms with Gasteiger partial charge in [0.1, 0.15) is 11.3 Å². The van der Waals surface area contributed by atoms with E-state index in [0.717, 1.165) is 0 Å². The maximum Gasteiger partial charge on any atom is 0.422 e. The van der Waals surface area contributed by atoms with Crippen LogP contribution in [0.1, 0.15) is 22.9 Å². The highest BCUT2D eigenvalue weighted by molar-refractivity contribution is 5.82. The van der Waals surface area contributed by atoms with Crippen molar-refractivity contribution in [3.63, 3.8) is 0 Å². The second-order valence-corrected chi connectivity index (χ2v) is 8.09. The average Bonchev–Trinajstić information content (AvgIpc) is 3.60. The van der Waals surface area contributed by atoms with Gasteiger partial charge in [-0.25, -0.2) is 0 Å². The van der Waals surface area contributed by atoms with Crippen LogP contribution < -0.4 is 5.32 Å². The van der Waals surface area contributed by atoms with Crippen LogP contribution in [-0.4, -0.2) is 31.3 Å². The first-order valence-electron chi connectivity index (χ1n) is 11.2. The summed E-state index contributed by atoms with van der Waals surface area (Å²) in [6.45, 7) is 0.147. The molecule has 2 aromatic carbocycles. The van der Waals surface area contributed by atoms with Crippen molar-refractivity contribution in [3.05, 3.63) is 95.8 Å². The lowest BCUT2D eigenvalue weighted by Crippen LogP contribution is -2.29. The van der Waals surface area contributed by atoms with Gasteiger partial charge in [-0.15, -0.1) is 0 Å². The fraction of sp³-hybridized carbons (Fsp3) is 0.115. The van der Waals surface area contributed by atoms with E-state index in [-0.39, 0.29) is 23.5 Å². The maximum atomic E-state index is 13.9. The van der Waals surface area contributed by atoms with Crippen molar-refractivity contribution >= 4 is 5.91 Å². The first kappa shape index (κ1) is 24.8. The van der Waals surface area contributed by atoms with Crippen molar-refractivity contribution < 1.29 is 32.1 Å². The highest BCUT2D eigenvalue weighted by Gasteiger charge is 2.43. The molecule has 9 nitrogen and oxygen atoms in total. The molecule has 1 unspecified atom stereocenters. The lowest BCUT2D eigenvalue weighted by atomic mass is 10.1. The second-order valence-electron chi connectivity index (χ2n) is 8.09. The lowest BCUT2D eigenvalue weighted by molar-refractivity contribution is -0.137. The molecule has 0 aliphatic rings. The molecule has 38 heavy (non-hydrogen) atoms. The number of nitrogens with one attached hydrogen (secondary N) is 1. The van der Waals surface area contributed by atoms with E-state index in [1.54, 1.807) is 42.6 Å². The van der Waals surface area contributed by atoms with Crippen molar-refractivity contribution in [2.75, 3.05) is 0 Å². The molecule has 1 amide bonds. The van der Waals surface area contributed by atoms with Gasteiger partial charge in [-0.05, 0) is 17.7 Å².